The Labute approximate surface area is 106 Å². The highest BCUT2D eigenvalue weighted by atomic mass is 19.3. The molecule has 0 saturated carbocycles. The molecule has 1 rings (SSSR count). The van der Waals surface area contributed by atoms with E-state index in [0.29, 0.717) is 13.0 Å². The van der Waals surface area contributed by atoms with Crippen LogP contribution in [-0.4, -0.2) is 42.5 Å². The second-order valence-corrected chi connectivity index (χ2v) is 4.15. The van der Waals surface area contributed by atoms with Crippen LogP contribution in [0.3, 0.4) is 0 Å². The third-order valence-corrected chi connectivity index (χ3v) is 2.76. The number of likely N-dealkylation sites (N-methyl/N-ethyl adjacent to an activating group) is 1. The smallest absolute Gasteiger partial charge is 0.261 e. The molecule has 0 aliphatic heterocycles. The van der Waals surface area contributed by atoms with Gasteiger partial charge in [0.2, 0.25) is 0 Å². The maximum atomic E-state index is 11.9. The van der Waals surface area contributed by atoms with Crippen LogP contribution < -0.4 is 5.32 Å². The molecule has 0 aliphatic carbocycles. The second-order valence-electron chi connectivity index (χ2n) is 4.15. The predicted molar refractivity (Wildman–Crippen MR) is 65.9 cm³/mol. The number of hydrogen-bond acceptors (Lipinski definition) is 3. The first kappa shape index (κ1) is 15.0. The second kappa shape index (κ2) is 8.16. The summed E-state index contributed by atoms with van der Waals surface area (Å²) in [5, 5.41) is 7.36. The van der Waals surface area contributed by atoms with Crippen molar-refractivity contribution in [1.29, 1.82) is 0 Å². The number of hydrogen-bond donors (Lipinski definition) is 1. The topological polar surface area (TPSA) is 39.1 Å². The molecule has 4 nitrogen and oxygen atoms in total. The van der Waals surface area contributed by atoms with E-state index in [1.165, 1.54) is 0 Å². The minimum atomic E-state index is -2.39. The predicted octanol–water partition coefficient (Wildman–Crippen LogP) is 1.71. The van der Waals surface area contributed by atoms with Crippen molar-refractivity contribution in [2.45, 2.75) is 38.8 Å². The first-order chi connectivity index (χ1) is 8.65. The molecule has 6 heteroatoms. The number of nitrogens with one attached hydrogen (secondary N) is 1. The number of halogens is 2. The van der Waals surface area contributed by atoms with Crippen LogP contribution in [0.1, 0.15) is 18.9 Å². The summed E-state index contributed by atoms with van der Waals surface area (Å²) in [5.74, 6) is 0. The summed E-state index contributed by atoms with van der Waals surface area (Å²) in [7, 11) is 1.86. The van der Waals surface area contributed by atoms with Crippen LogP contribution in [0.4, 0.5) is 8.78 Å². The molecule has 0 spiro atoms. The Morgan fingerprint density at radius 3 is 2.83 bits per heavy atom. The van der Waals surface area contributed by atoms with Gasteiger partial charge in [0.25, 0.3) is 6.43 Å². The summed E-state index contributed by atoms with van der Waals surface area (Å²) in [6.45, 7) is 2.74. The number of rotatable bonds is 9. The van der Waals surface area contributed by atoms with Crippen molar-refractivity contribution in [3.8, 4) is 0 Å². The van der Waals surface area contributed by atoms with Gasteiger partial charge in [-0.05, 0) is 32.4 Å². The van der Waals surface area contributed by atoms with E-state index < -0.39 is 13.0 Å². The number of ether oxygens (including phenoxy) is 1. The van der Waals surface area contributed by atoms with Crippen molar-refractivity contribution in [2.24, 2.45) is 0 Å². The van der Waals surface area contributed by atoms with E-state index >= 15 is 0 Å². The minimum absolute atomic E-state index is 0.220. The molecule has 1 N–H and O–H groups in total. The van der Waals surface area contributed by atoms with Crippen molar-refractivity contribution in [1.82, 2.24) is 15.1 Å². The number of nitrogens with zero attached hydrogens (tertiary/aromatic N) is 2. The van der Waals surface area contributed by atoms with Gasteiger partial charge in [-0.3, -0.25) is 4.68 Å². The van der Waals surface area contributed by atoms with Crippen LogP contribution in [0.25, 0.3) is 0 Å². The summed E-state index contributed by atoms with van der Waals surface area (Å²) in [6.07, 6.45) is 2.99. The van der Waals surface area contributed by atoms with Gasteiger partial charge in [-0.2, -0.15) is 5.10 Å². The lowest BCUT2D eigenvalue weighted by atomic mass is 10.1. The van der Waals surface area contributed by atoms with Crippen molar-refractivity contribution in [3.63, 3.8) is 0 Å². The molecule has 0 saturated heterocycles. The third-order valence-electron chi connectivity index (χ3n) is 2.76. The normalized spacial score (nSPS) is 13.2. The molecule has 1 heterocycles. The lowest BCUT2D eigenvalue weighted by Gasteiger charge is -2.15. The van der Waals surface area contributed by atoms with E-state index in [1.807, 2.05) is 31.0 Å². The number of aromatic nitrogens is 2. The third kappa shape index (κ3) is 5.55. The summed E-state index contributed by atoms with van der Waals surface area (Å²) in [6, 6.07) is 0.220. The highest BCUT2D eigenvalue weighted by Crippen LogP contribution is 2.06. The summed E-state index contributed by atoms with van der Waals surface area (Å²) < 4.78 is 30.5. The molecule has 1 aromatic heterocycles. The largest absolute Gasteiger partial charge is 0.375 e. The standard InChI is InChI=1S/C12H21F2N3O/c1-3-17-8-10(7-16-17)6-11(15-2)4-5-18-9-12(13)14/h7-8,11-12,15H,3-6,9H2,1-2H3. The maximum absolute atomic E-state index is 11.9. The van der Waals surface area contributed by atoms with Gasteiger partial charge in [-0.25, -0.2) is 8.78 Å². The van der Waals surface area contributed by atoms with Gasteiger partial charge >= 0.3 is 0 Å². The summed E-state index contributed by atoms with van der Waals surface area (Å²) in [5.41, 5.74) is 1.14. The van der Waals surface area contributed by atoms with Gasteiger partial charge in [0.1, 0.15) is 6.61 Å². The van der Waals surface area contributed by atoms with Gasteiger partial charge in [-0.1, -0.05) is 0 Å². The van der Waals surface area contributed by atoms with Crippen molar-refractivity contribution < 1.29 is 13.5 Å². The zero-order valence-corrected chi connectivity index (χ0v) is 10.9. The van der Waals surface area contributed by atoms with E-state index in [-0.39, 0.29) is 6.04 Å². The average molecular weight is 261 g/mol. The van der Waals surface area contributed by atoms with E-state index in [2.05, 4.69) is 10.4 Å². The number of alkyl halides is 2. The van der Waals surface area contributed by atoms with Crippen molar-refractivity contribution in [3.05, 3.63) is 18.0 Å². The van der Waals surface area contributed by atoms with E-state index in [4.69, 9.17) is 4.74 Å². The molecular weight excluding hydrogens is 240 g/mol. The SMILES string of the molecule is CCn1cc(CC(CCOCC(F)F)NC)cn1. The first-order valence-corrected chi connectivity index (χ1v) is 6.20. The Bertz CT molecular complexity index is 331. The lowest BCUT2D eigenvalue weighted by molar-refractivity contribution is 0.0146. The maximum Gasteiger partial charge on any atom is 0.261 e. The average Bonchev–Trinajstić information content (AvgIpc) is 2.80. The first-order valence-electron chi connectivity index (χ1n) is 6.20. The van der Waals surface area contributed by atoms with Crippen molar-refractivity contribution in [2.75, 3.05) is 20.3 Å². The van der Waals surface area contributed by atoms with E-state index in [9.17, 15) is 8.78 Å². The molecule has 104 valence electrons. The quantitative estimate of drug-likeness (QED) is 0.688. The van der Waals surface area contributed by atoms with Gasteiger partial charge in [0.05, 0.1) is 6.20 Å². The van der Waals surface area contributed by atoms with Crippen LogP contribution in [-0.2, 0) is 17.7 Å². The molecule has 0 aromatic carbocycles. The molecule has 0 radical (unpaired) electrons. The Morgan fingerprint density at radius 1 is 1.50 bits per heavy atom. The Morgan fingerprint density at radius 2 is 2.28 bits per heavy atom. The fourth-order valence-electron chi connectivity index (χ4n) is 1.72. The van der Waals surface area contributed by atoms with E-state index in [1.54, 1.807) is 0 Å². The minimum Gasteiger partial charge on any atom is -0.375 e. The molecule has 0 fully saturated rings. The summed E-state index contributed by atoms with van der Waals surface area (Å²) >= 11 is 0. The van der Waals surface area contributed by atoms with E-state index in [0.717, 1.165) is 18.5 Å². The Hall–Kier alpha value is -1.01. The Balaban J connectivity index is 2.28. The fourth-order valence-corrected chi connectivity index (χ4v) is 1.72. The van der Waals surface area contributed by atoms with Gasteiger partial charge in [-0.15, -0.1) is 0 Å². The number of aryl methyl sites for hydroxylation is 1. The molecule has 0 amide bonds. The molecule has 1 aromatic rings. The zero-order chi connectivity index (χ0) is 13.4. The lowest BCUT2D eigenvalue weighted by Crippen LogP contribution is -2.29. The molecular formula is C12H21F2N3O. The van der Waals surface area contributed by atoms with Crippen LogP contribution in [0.15, 0.2) is 12.4 Å². The molecule has 0 aliphatic rings. The van der Waals surface area contributed by atoms with Crippen LogP contribution in [0.2, 0.25) is 0 Å². The molecule has 18 heavy (non-hydrogen) atoms. The van der Waals surface area contributed by atoms with Crippen molar-refractivity contribution >= 4 is 0 Å². The fraction of sp³-hybridized carbons (Fsp3) is 0.750. The molecule has 1 atom stereocenters. The molecule has 1 unspecified atom stereocenters. The van der Waals surface area contributed by atoms with Gasteiger partial charge < -0.3 is 10.1 Å². The monoisotopic (exact) mass is 261 g/mol. The highest BCUT2D eigenvalue weighted by Gasteiger charge is 2.09. The summed E-state index contributed by atoms with van der Waals surface area (Å²) in [4.78, 5) is 0. The molecule has 0 bridgehead atoms. The van der Waals surface area contributed by atoms with Crippen LogP contribution >= 0.6 is 0 Å². The van der Waals surface area contributed by atoms with Crippen LogP contribution in [0.5, 0.6) is 0 Å². The van der Waals surface area contributed by atoms with Gasteiger partial charge in [0, 0.05) is 25.4 Å². The van der Waals surface area contributed by atoms with Gasteiger partial charge in [0.15, 0.2) is 0 Å². The zero-order valence-electron chi connectivity index (χ0n) is 10.9. The highest BCUT2D eigenvalue weighted by molar-refractivity contribution is 5.06. The van der Waals surface area contributed by atoms with Crippen LogP contribution in [0, 0.1) is 0 Å². The Kier molecular flexibility index (Phi) is 6.82.